The van der Waals surface area contributed by atoms with Gasteiger partial charge in [-0.25, -0.2) is 9.48 Å². The van der Waals surface area contributed by atoms with Gasteiger partial charge in [0.25, 0.3) is 0 Å². The summed E-state index contributed by atoms with van der Waals surface area (Å²) in [5.41, 5.74) is 5.55. The minimum atomic E-state index is -0.487. The lowest BCUT2D eigenvalue weighted by molar-refractivity contribution is 0.563. The molecule has 3 aromatic carbocycles. The van der Waals surface area contributed by atoms with Crippen molar-refractivity contribution in [2.45, 2.75) is 0 Å². The molecule has 0 saturated heterocycles. The summed E-state index contributed by atoms with van der Waals surface area (Å²) >= 11 is 15.9. The zero-order chi connectivity index (χ0) is 23.7. The standard InChI is InChI=1S/C25H15BrCl2N4O2/c26-17-11-20(27)24(21(28)12-17)30-29-13-16-14-32(18-7-2-1-3-8-18)31-23(16)19-10-15-6-4-5-9-22(15)34-25(19)33/h1-14,30H. The molecule has 34 heavy (non-hydrogen) atoms. The highest BCUT2D eigenvalue weighted by molar-refractivity contribution is 9.10. The number of rotatable bonds is 5. The number of para-hydroxylation sites is 2. The molecule has 0 fully saturated rings. The minimum absolute atomic E-state index is 0.328. The molecule has 0 atom stereocenters. The quantitative estimate of drug-likeness (QED) is 0.142. The second-order valence-electron chi connectivity index (χ2n) is 7.31. The van der Waals surface area contributed by atoms with Crippen LogP contribution in [0.25, 0.3) is 27.9 Å². The molecule has 0 aliphatic rings. The van der Waals surface area contributed by atoms with E-state index in [1.165, 1.54) is 0 Å². The average molecular weight is 554 g/mol. The molecule has 0 spiro atoms. The van der Waals surface area contributed by atoms with Crippen molar-refractivity contribution in [2.75, 3.05) is 5.43 Å². The van der Waals surface area contributed by atoms with Gasteiger partial charge in [-0.3, -0.25) is 5.43 Å². The first kappa shape index (κ1) is 22.4. The number of hydrazone groups is 1. The van der Waals surface area contributed by atoms with Crippen LogP contribution in [0.1, 0.15) is 5.56 Å². The topological polar surface area (TPSA) is 72.4 Å². The van der Waals surface area contributed by atoms with E-state index in [0.717, 1.165) is 15.5 Å². The summed E-state index contributed by atoms with van der Waals surface area (Å²) in [7, 11) is 0. The molecule has 0 unspecified atom stereocenters. The number of fused-ring (bicyclic) bond motifs is 1. The summed E-state index contributed by atoms with van der Waals surface area (Å²) in [4.78, 5) is 12.8. The van der Waals surface area contributed by atoms with Gasteiger partial charge in [0, 0.05) is 21.6 Å². The van der Waals surface area contributed by atoms with Gasteiger partial charge in [-0.15, -0.1) is 0 Å². The second-order valence-corrected chi connectivity index (χ2v) is 9.04. The highest BCUT2D eigenvalue weighted by Gasteiger charge is 2.17. The van der Waals surface area contributed by atoms with Crippen molar-refractivity contribution >= 4 is 62.0 Å². The molecule has 0 radical (unpaired) electrons. The number of aromatic nitrogens is 2. The van der Waals surface area contributed by atoms with Crippen LogP contribution in [0.5, 0.6) is 0 Å². The zero-order valence-electron chi connectivity index (χ0n) is 17.4. The second kappa shape index (κ2) is 9.46. The van der Waals surface area contributed by atoms with Crippen molar-refractivity contribution in [3.8, 4) is 16.9 Å². The highest BCUT2D eigenvalue weighted by Crippen LogP contribution is 2.34. The Bertz CT molecular complexity index is 1570. The van der Waals surface area contributed by atoms with Crippen molar-refractivity contribution in [1.29, 1.82) is 0 Å². The van der Waals surface area contributed by atoms with Crippen LogP contribution in [-0.4, -0.2) is 16.0 Å². The third-order valence-corrected chi connectivity index (χ3v) is 6.10. The van der Waals surface area contributed by atoms with Crippen LogP contribution >= 0.6 is 39.1 Å². The Balaban J connectivity index is 1.59. The maximum absolute atomic E-state index is 12.8. The van der Waals surface area contributed by atoms with Crippen LogP contribution in [0.2, 0.25) is 10.0 Å². The van der Waals surface area contributed by atoms with E-state index < -0.39 is 5.63 Å². The normalized spacial score (nSPS) is 11.4. The lowest BCUT2D eigenvalue weighted by Crippen LogP contribution is -2.05. The summed E-state index contributed by atoms with van der Waals surface area (Å²) < 4.78 is 7.97. The van der Waals surface area contributed by atoms with Gasteiger partial charge < -0.3 is 4.42 Å². The molecule has 2 aromatic heterocycles. The molecular weight excluding hydrogens is 539 g/mol. The number of hydrogen-bond acceptors (Lipinski definition) is 5. The van der Waals surface area contributed by atoms with Crippen LogP contribution in [-0.2, 0) is 0 Å². The molecule has 5 rings (SSSR count). The molecule has 1 N–H and O–H groups in total. The first-order valence-electron chi connectivity index (χ1n) is 10.1. The zero-order valence-corrected chi connectivity index (χ0v) is 20.5. The maximum Gasteiger partial charge on any atom is 0.345 e. The predicted molar refractivity (Wildman–Crippen MR) is 140 cm³/mol. The summed E-state index contributed by atoms with van der Waals surface area (Å²) in [6, 6.07) is 22.1. The molecule has 6 nitrogen and oxygen atoms in total. The van der Waals surface area contributed by atoms with Gasteiger partial charge in [-0.05, 0) is 36.4 Å². The van der Waals surface area contributed by atoms with Gasteiger partial charge in [-0.1, -0.05) is 75.5 Å². The highest BCUT2D eigenvalue weighted by atomic mass is 79.9. The number of nitrogens with zero attached hydrogens (tertiary/aromatic N) is 3. The Morgan fingerprint density at radius 3 is 2.47 bits per heavy atom. The third kappa shape index (κ3) is 4.50. The van der Waals surface area contributed by atoms with E-state index in [1.54, 1.807) is 41.4 Å². The first-order valence-corrected chi connectivity index (χ1v) is 11.7. The molecule has 5 aromatic rings. The van der Waals surface area contributed by atoms with Crippen LogP contribution < -0.4 is 11.1 Å². The lowest BCUT2D eigenvalue weighted by Gasteiger charge is -2.06. The summed E-state index contributed by atoms with van der Waals surface area (Å²) in [6.45, 7) is 0. The number of halogens is 3. The monoisotopic (exact) mass is 552 g/mol. The van der Waals surface area contributed by atoms with Crippen LogP contribution in [0.4, 0.5) is 5.69 Å². The van der Waals surface area contributed by atoms with Gasteiger partial charge in [0.1, 0.15) is 11.3 Å². The summed E-state index contributed by atoms with van der Waals surface area (Å²) in [6.07, 6.45) is 3.35. The fourth-order valence-corrected chi connectivity index (χ4v) is 4.74. The molecule has 0 saturated carbocycles. The first-order chi connectivity index (χ1) is 16.5. The van der Waals surface area contributed by atoms with E-state index in [-0.39, 0.29) is 0 Å². The van der Waals surface area contributed by atoms with Crippen molar-refractivity contribution in [1.82, 2.24) is 9.78 Å². The fraction of sp³-hybridized carbons (Fsp3) is 0. The molecule has 168 valence electrons. The van der Waals surface area contributed by atoms with Gasteiger partial charge in [-0.2, -0.15) is 10.2 Å². The molecule has 9 heteroatoms. The number of benzene rings is 3. The molecule has 0 aliphatic heterocycles. The van der Waals surface area contributed by atoms with Gasteiger partial charge in [0.05, 0.1) is 33.2 Å². The SMILES string of the molecule is O=c1oc2ccccc2cc1-c1nn(-c2ccccc2)cc1C=NNc1c(Cl)cc(Br)cc1Cl. The van der Waals surface area contributed by atoms with Gasteiger partial charge >= 0.3 is 5.63 Å². The predicted octanol–water partition coefficient (Wildman–Crippen LogP) is 7.16. The molecular formula is C25H15BrCl2N4O2. The summed E-state index contributed by atoms with van der Waals surface area (Å²) in [5, 5.41) is 10.6. The summed E-state index contributed by atoms with van der Waals surface area (Å²) in [5.74, 6) is 0. The minimum Gasteiger partial charge on any atom is -0.422 e. The van der Waals surface area contributed by atoms with E-state index in [0.29, 0.717) is 38.1 Å². The average Bonchev–Trinajstić information content (AvgIpc) is 3.24. The Kier molecular flexibility index (Phi) is 6.24. The van der Waals surface area contributed by atoms with E-state index in [9.17, 15) is 4.79 Å². The van der Waals surface area contributed by atoms with E-state index in [1.807, 2.05) is 48.5 Å². The van der Waals surface area contributed by atoms with Crippen molar-refractivity contribution in [3.05, 3.63) is 109 Å². The van der Waals surface area contributed by atoms with Crippen molar-refractivity contribution in [2.24, 2.45) is 5.10 Å². The largest absolute Gasteiger partial charge is 0.422 e. The van der Waals surface area contributed by atoms with Crippen LogP contribution in [0.3, 0.4) is 0 Å². The van der Waals surface area contributed by atoms with E-state index in [2.05, 4.69) is 31.6 Å². The molecule has 2 heterocycles. The number of nitrogens with one attached hydrogen (secondary N) is 1. The van der Waals surface area contributed by atoms with Crippen molar-refractivity contribution < 1.29 is 4.42 Å². The van der Waals surface area contributed by atoms with Gasteiger partial charge in [0.2, 0.25) is 0 Å². The number of hydrogen-bond donors (Lipinski definition) is 1. The Morgan fingerprint density at radius 1 is 1.00 bits per heavy atom. The van der Waals surface area contributed by atoms with Crippen molar-refractivity contribution in [3.63, 3.8) is 0 Å². The fourth-order valence-electron chi connectivity index (χ4n) is 3.45. The molecule has 0 amide bonds. The molecule has 0 bridgehead atoms. The Hall–Kier alpha value is -3.39. The number of anilines is 1. The molecule has 0 aliphatic carbocycles. The van der Waals surface area contributed by atoms with E-state index in [4.69, 9.17) is 27.6 Å². The smallest absolute Gasteiger partial charge is 0.345 e. The maximum atomic E-state index is 12.8. The van der Waals surface area contributed by atoms with Crippen LogP contribution in [0, 0.1) is 0 Å². The Labute approximate surface area is 212 Å². The van der Waals surface area contributed by atoms with E-state index >= 15 is 0 Å². The third-order valence-electron chi connectivity index (χ3n) is 5.05. The van der Waals surface area contributed by atoms with Crippen LogP contribution in [0.15, 0.2) is 97.8 Å². The van der Waals surface area contributed by atoms with Gasteiger partial charge in [0.15, 0.2) is 0 Å². The Morgan fingerprint density at radius 2 is 1.71 bits per heavy atom. The lowest BCUT2D eigenvalue weighted by atomic mass is 10.1.